The van der Waals surface area contributed by atoms with Gasteiger partial charge in [-0.3, -0.25) is 4.79 Å². The summed E-state index contributed by atoms with van der Waals surface area (Å²) in [5, 5.41) is 12.3. The highest BCUT2D eigenvalue weighted by molar-refractivity contribution is 5.88. The summed E-state index contributed by atoms with van der Waals surface area (Å²) in [5.41, 5.74) is 1.40. The Balaban J connectivity index is 2.47. The lowest BCUT2D eigenvalue weighted by Gasteiger charge is -2.06. The number of nitrogens with one attached hydrogen (secondary N) is 1. The number of furan rings is 1. The van der Waals surface area contributed by atoms with E-state index >= 15 is 0 Å². The number of amides is 1. The summed E-state index contributed by atoms with van der Waals surface area (Å²) < 4.78 is 11.2. The molecule has 1 heterocycles. The van der Waals surface area contributed by atoms with Gasteiger partial charge in [-0.25, -0.2) is 4.79 Å². The van der Waals surface area contributed by atoms with Gasteiger partial charge in [0.1, 0.15) is 5.76 Å². The highest BCUT2D eigenvalue weighted by atomic mass is 16.5. The lowest BCUT2D eigenvalue weighted by molar-refractivity contribution is -0.139. The molecule has 1 aromatic heterocycles. The molecule has 0 bridgehead atoms. The Morgan fingerprint density at radius 3 is 2.68 bits per heavy atom. The van der Waals surface area contributed by atoms with Gasteiger partial charge in [0.15, 0.2) is 17.9 Å². The Hall–Kier alpha value is -2.50. The maximum absolute atomic E-state index is 11.2. The van der Waals surface area contributed by atoms with Crippen LogP contribution in [0.15, 0.2) is 22.6 Å². The van der Waals surface area contributed by atoms with Crippen LogP contribution in [0.2, 0.25) is 0 Å². The van der Waals surface area contributed by atoms with Gasteiger partial charge < -0.3 is 19.6 Å². The Kier molecular flexibility index (Phi) is 4.70. The highest BCUT2D eigenvalue weighted by Gasteiger charge is 2.19. The number of carboxylic acid groups (broad SMARTS) is 1. The summed E-state index contributed by atoms with van der Waals surface area (Å²) in [7, 11) is 0. The van der Waals surface area contributed by atoms with E-state index in [0.717, 1.165) is 16.7 Å². The minimum Gasteiger partial charge on any atom is -0.479 e. The van der Waals surface area contributed by atoms with Crippen molar-refractivity contribution < 1.29 is 23.8 Å². The van der Waals surface area contributed by atoms with E-state index in [1.54, 1.807) is 12.1 Å². The number of ether oxygens (including phenoxy) is 1. The van der Waals surface area contributed by atoms with Gasteiger partial charge in [-0.2, -0.15) is 0 Å². The summed E-state index contributed by atoms with van der Waals surface area (Å²) in [4.78, 5) is 21.8. The first-order valence-corrected chi connectivity index (χ1v) is 7.03. The number of carboxylic acids is 1. The molecule has 0 saturated carbocycles. The van der Waals surface area contributed by atoms with E-state index < -0.39 is 12.6 Å². The molecule has 0 aliphatic carbocycles. The molecule has 0 spiro atoms. The Morgan fingerprint density at radius 1 is 1.36 bits per heavy atom. The number of carbonyl (C=O) groups is 2. The lowest BCUT2D eigenvalue weighted by Crippen LogP contribution is -2.19. The summed E-state index contributed by atoms with van der Waals surface area (Å²) >= 11 is 0. The zero-order valence-electron chi connectivity index (χ0n) is 12.8. The molecular weight excluding hydrogens is 286 g/mol. The second-order valence-electron chi connectivity index (χ2n) is 5.32. The molecule has 0 aliphatic heterocycles. The Labute approximate surface area is 128 Å². The van der Waals surface area contributed by atoms with E-state index in [4.69, 9.17) is 14.3 Å². The minimum absolute atomic E-state index is 0.123. The van der Waals surface area contributed by atoms with Crippen LogP contribution in [0.5, 0.6) is 5.75 Å². The van der Waals surface area contributed by atoms with E-state index in [9.17, 15) is 9.59 Å². The van der Waals surface area contributed by atoms with Crippen molar-refractivity contribution in [3.05, 3.63) is 29.5 Å². The fraction of sp³-hybridized carbons (Fsp3) is 0.375. The third kappa shape index (κ3) is 3.39. The van der Waals surface area contributed by atoms with Gasteiger partial charge in [0.05, 0.1) is 0 Å². The molecule has 0 atom stereocenters. The van der Waals surface area contributed by atoms with Crippen molar-refractivity contribution >= 4 is 22.8 Å². The predicted molar refractivity (Wildman–Crippen MR) is 81.0 cm³/mol. The predicted octanol–water partition coefficient (Wildman–Crippen LogP) is 2.66. The number of para-hydroxylation sites is 1. The van der Waals surface area contributed by atoms with E-state index in [1.807, 2.05) is 19.9 Å². The summed E-state index contributed by atoms with van der Waals surface area (Å²) in [6.07, 6.45) is 0. The average Bonchev–Trinajstić information content (AvgIpc) is 2.82. The number of aliphatic carboxylic acids is 1. The normalized spacial score (nSPS) is 10.9. The number of benzene rings is 1. The van der Waals surface area contributed by atoms with Crippen LogP contribution < -0.4 is 10.1 Å². The van der Waals surface area contributed by atoms with Crippen molar-refractivity contribution in [3.8, 4) is 5.75 Å². The van der Waals surface area contributed by atoms with Crippen LogP contribution in [0.4, 0.5) is 0 Å². The van der Waals surface area contributed by atoms with Gasteiger partial charge in [0.2, 0.25) is 5.91 Å². The van der Waals surface area contributed by atoms with Gasteiger partial charge in [-0.1, -0.05) is 26.0 Å². The van der Waals surface area contributed by atoms with Crippen molar-refractivity contribution in [1.29, 1.82) is 0 Å². The fourth-order valence-electron chi connectivity index (χ4n) is 2.28. The third-order valence-electron chi connectivity index (χ3n) is 3.20. The van der Waals surface area contributed by atoms with Crippen LogP contribution in [0.1, 0.15) is 38.0 Å². The zero-order chi connectivity index (χ0) is 16.3. The van der Waals surface area contributed by atoms with Gasteiger partial charge in [-0.05, 0) is 6.07 Å². The van der Waals surface area contributed by atoms with Crippen LogP contribution in [-0.2, 0) is 16.1 Å². The SMILES string of the molecule is CC(=O)NCc1c(C(C)C)oc2c(OCC(=O)O)cccc12. The molecule has 0 fully saturated rings. The maximum atomic E-state index is 11.2. The van der Waals surface area contributed by atoms with E-state index in [-0.39, 0.29) is 11.8 Å². The first kappa shape index (κ1) is 15.9. The van der Waals surface area contributed by atoms with Crippen LogP contribution in [0.3, 0.4) is 0 Å². The molecule has 1 amide bonds. The van der Waals surface area contributed by atoms with E-state index in [2.05, 4.69) is 5.32 Å². The smallest absolute Gasteiger partial charge is 0.341 e. The number of hydrogen-bond donors (Lipinski definition) is 2. The fourth-order valence-corrected chi connectivity index (χ4v) is 2.28. The van der Waals surface area contributed by atoms with Crippen LogP contribution >= 0.6 is 0 Å². The molecule has 2 N–H and O–H groups in total. The Bertz CT molecular complexity index is 702. The van der Waals surface area contributed by atoms with E-state index in [1.165, 1.54) is 6.92 Å². The average molecular weight is 305 g/mol. The molecule has 6 heteroatoms. The highest BCUT2D eigenvalue weighted by Crippen LogP contribution is 2.36. The van der Waals surface area contributed by atoms with Gasteiger partial charge in [0.25, 0.3) is 0 Å². The van der Waals surface area contributed by atoms with Gasteiger partial charge in [0, 0.05) is 30.3 Å². The molecule has 1 aromatic carbocycles. The van der Waals surface area contributed by atoms with Gasteiger partial charge >= 0.3 is 5.97 Å². The molecule has 6 nitrogen and oxygen atoms in total. The number of carbonyl (C=O) groups excluding carboxylic acids is 1. The van der Waals surface area contributed by atoms with Gasteiger partial charge in [-0.15, -0.1) is 0 Å². The second kappa shape index (κ2) is 6.51. The third-order valence-corrected chi connectivity index (χ3v) is 3.20. The number of hydrogen-bond acceptors (Lipinski definition) is 4. The first-order chi connectivity index (χ1) is 10.4. The second-order valence-corrected chi connectivity index (χ2v) is 5.32. The monoisotopic (exact) mass is 305 g/mol. The molecule has 22 heavy (non-hydrogen) atoms. The standard InChI is InChI=1S/C16H19NO5/c1-9(2)15-12(7-17-10(3)18)11-5-4-6-13(16(11)22-15)21-8-14(19)20/h4-6,9H,7-8H2,1-3H3,(H,17,18)(H,19,20). The molecule has 0 unspecified atom stereocenters. The minimum atomic E-state index is -1.05. The first-order valence-electron chi connectivity index (χ1n) is 7.03. The van der Waals surface area contributed by atoms with Crippen molar-refractivity contribution in [2.24, 2.45) is 0 Å². The van der Waals surface area contributed by atoms with Crippen molar-refractivity contribution in [3.63, 3.8) is 0 Å². The number of rotatable bonds is 6. The quantitative estimate of drug-likeness (QED) is 0.856. The molecular formula is C16H19NO5. The van der Waals surface area contributed by atoms with Crippen molar-refractivity contribution in [1.82, 2.24) is 5.32 Å². The van der Waals surface area contributed by atoms with Crippen LogP contribution in [0.25, 0.3) is 11.0 Å². The van der Waals surface area contributed by atoms with Crippen molar-refractivity contribution in [2.75, 3.05) is 6.61 Å². The largest absolute Gasteiger partial charge is 0.479 e. The van der Waals surface area contributed by atoms with Crippen LogP contribution in [0, 0.1) is 0 Å². The zero-order valence-corrected chi connectivity index (χ0v) is 12.8. The Morgan fingerprint density at radius 2 is 2.09 bits per heavy atom. The molecule has 0 aliphatic rings. The molecule has 118 valence electrons. The lowest BCUT2D eigenvalue weighted by atomic mass is 10.0. The van der Waals surface area contributed by atoms with E-state index in [0.29, 0.717) is 17.9 Å². The summed E-state index contributed by atoms with van der Waals surface area (Å²) in [5.74, 6) is 0.0999. The van der Waals surface area contributed by atoms with Crippen LogP contribution in [-0.4, -0.2) is 23.6 Å². The molecule has 2 aromatic rings. The van der Waals surface area contributed by atoms with Crippen molar-refractivity contribution in [2.45, 2.75) is 33.2 Å². The molecule has 0 radical (unpaired) electrons. The molecule has 2 rings (SSSR count). The summed E-state index contributed by atoms with van der Waals surface area (Å²) in [6.45, 7) is 5.37. The maximum Gasteiger partial charge on any atom is 0.341 e. The molecule has 0 saturated heterocycles. The topological polar surface area (TPSA) is 88.8 Å². The number of fused-ring (bicyclic) bond motifs is 1. The summed E-state index contributed by atoms with van der Waals surface area (Å²) in [6, 6.07) is 5.31.